The Labute approximate surface area is 156 Å². The van der Waals surface area contributed by atoms with Crippen molar-refractivity contribution in [3.05, 3.63) is 53.6 Å². The van der Waals surface area contributed by atoms with Gasteiger partial charge in [0.15, 0.2) is 0 Å². The van der Waals surface area contributed by atoms with Gasteiger partial charge in [0.05, 0.1) is 22.3 Å². The predicted octanol–water partition coefficient (Wildman–Crippen LogP) is 0.630. The van der Waals surface area contributed by atoms with Gasteiger partial charge in [-0.1, -0.05) is 0 Å². The van der Waals surface area contributed by atoms with Crippen LogP contribution in [0.25, 0.3) is 0 Å². The average Bonchev–Trinajstić information content (AvgIpc) is 2.68. The van der Waals surface area contributed by atoms with Gasteiger partial charge in [-0.2, -0.15) is 4.31 Å². The van der Waals surface area contributed by atoms with Crippen molar-refractivity contribution < 1.29 is 23.1 Å². The maximum atomic E-state index is 12.7. The van der Waals surface area contributed by atoms with E-state index in [1.54, 1.807) is 11.8 Å². The van der Waals surface area contributed by atoms with Crippen LogP contribution in [-0.4, -0.2) is 70.8 Å². The molecule has 10 heteroatoms. The van der Waals surface area contributed by atoms with Gasteiger partial charge in [0.2, 0.25) is 10.0 Å². The third-order valence-corrected chi connectivity index (χ3v) is 6.18. The first kappa shape index (κ1) is 18.9. The lowest BCUT2D eigenvalue weighted by atomic mass is 10.2. The number of rotatable bonds is 4. The molecule has 0 unspecified atom stereocenters. The quantitative estimate of drug-likeness (QED) is 0.813. The van der Waals surface area contributed by atoms with Crippen molar-refractivity contribution in [2.24, 2.45) is 0 Å². The number of carbonyl (C=O) groups is 2. The van der Waals surface area contributed by atoms with Crippen molar-refractivity contribution in [2.45, 2.75) is 11.8 Å². The Hall–Kier alpha value is -2.85. The molecule has 1 aliphatic heterocycles. The third kappa shape index (κ3) is 3.96. The van der Waals surface area contributed by atoms with Crippen LogP contribution in [0, 0.1) is 6.92 Å². The Morgan fingerprint density at radius 3 is 2.15 bits per heavy atom. The normalized spacial score (nSPS) is 15.5. The fourth-order valence-electron chi connectivity index (χ4n) is 2.72. The van der Waals surface area contributed by atoms with Crippen molar-refractivity contribution >= 4 is 21.9 Å². The highest BCUT2D eigenvalue weighted by Gasteiger charge is 2.31. The van der Waals surface area contributed by atoms with Gasteiger partial charge in [-0.15, -0.1) is 0 Å². The lowest BCUT2D eigenvalue weighted by molar-refractivity contribution is 0.0686. The predicted molar refractivity (Wildman–Crippen MR) is 94.8 cm³/mol. The molecule has 1 aromatic heterocycles. The van der Waals surface area contributed by atoms with Crippen molar-refractivity contribution in [3.63, 3.8) is 0 Å². The van der Waals surface area contributed by atoms with Crippen molar-refractivity contribution in [3.8, 4) is 0 Å². The fourth-order valence-corrected chi connectivity index (χ4v) is 4.14. The van der Waals surface area contributed by atoms with E-state index in [1.807, 2.05) is 0 Å². The number of carbonyl (C=O) groups excluding carboxylic acids is 1. The Morgan fingerprint density at radius 1 is 1.00 bits per heavy atom. The Kier molecular flexibility index (Phi) is 5.19. The summed E-state index contributed by atoms with van der Waals surface area (Å²) in [5, 5.41) is 8.91. The number of carboxylic acid groups (broad SMARTS) is 1. The zero-order chi connectivity index (χ0) is 19.6. The van der Waals surface area contributed by atoms with Gasteiger partial charge in [-0.3, -0.25) is 9.78 Å². The molecule has 2 heterocycles. The number of hydrogen-bond donors (Lipinski definition) is 1. The molecule has 1 fully saturated rings. The summed E-state index contributed by atoms with van der Waals surface area (Å²) < 4.78 is 26.7. The summed E-state index contributed by atoms with van der Waals surface area (Å²) in [5.41, 5.74) is 0.945. The number of benzene rings is 1. The minimum atomic E-state index is -3.75. The summed E-state index contributed by atoms with van der Waals surface area (Å²) in [7, 11) is -3.75. The number of amides is 1. The highest BCUT2D eigenvalue weighted by atomic mass is 32.2. The third-order valence-electron chi connectivity index (χ3n) is 4.26. The van der Waals surface area contributed by atoms with Crippen LogP contribution in [0.4, 0.5) is 0 Å². The van der Waals surface area contributed by atoms with Gasteiger partial charge in [-0.05, 0) is 31.2 Å². The molecule has 2 aromatic rings. The molecule has 1 aliphatic rings. The molecule has 9 nitrogen and oxygen atoms in total. The van der Waals surface area contributed by atoms with Gasteiger partial charge in [0.1, 0.15) is 5.69 Å². The summed E-state index contributed by atoms with van der Waals surface area (Å²) in [6.45, 7) is 2.54. The average molecular weight is 390 g/mol. The molecule has 0 saturated carbocycles. The zero-order valence-corrected chi connectivity index (χ0v) is 15.4. The first-order valence-corrected chi connectivity index (χ1v) is 9.64. The van der Waals surface area contributed by atoms with Gasteiger partial charge < -0.3 is 10.0 Å². The number of carboxylic acids is 1. The first-order valence-electron chi connectivity index (χ1n) is 8.20. The molecular weight excluding hydrogens is 372 g/mol. The number of hydrogen-bond acceptors (Lipinski definition) is 6. The van der Waals surface area contributed by atoms with Crippen molar-refractivity contribution in [2.75, 3.05) is 26.2 Å². The second kappa shape index (κ2) is 7.41. The highest BCUT2D eigenvalue weighted by Crippen LogP contribution is 2.19. The lowest BCUT2D eigenvalue weighted by Gasteiger charge is -2.33. The Bertz CT molecular complexity index is 950. The summed E-state index contributed by atoms with van der Waals surface area (Å²) >= 11 is 0. The number of aromatic carboxylic acids is 1. The molecule has 0 aliphatic carbocycles. The minimum absolute atomic E-state index is 0.0172. The molecule has 0 atom stereocenters. The van der Waals surface area contributed by atoms with E-state index < -0.39 is 16.0 Å². The fraction of sp³-hybridized carbons (Fsp3) is 0.294. The standard InChI is InChI=1S/C17H18N4O5S/c1-12-10-19-15(11-18-12)16(22)20-6-8-21(9-7-20)27(25,26)14-4-2-13(3-5-14)17(23)24/h2-5,10-11H,6-9H2,1H3,(H,23,24). The topological polar surface area (TPSA) is 121 Å². The minimum Gasteiger partial charge on any atom is -0.478 e. The number of sulfonamides is 1. The van der Waals surface area contributed by atoms with E-state index in [2.05, 4.69) is 9.97 Å². The monoisotopic (exact) mass is 390 g/mol. The molecule has 0 bridgehead atoms. The largest absolute Gasteiger partial charge is 0.478 e. The Morgan fingerprint density at radius 2 is 1.63 bits per heavy atom. The van der Waals surface area contributed by atoms with Crippen LogP contribution in [0.15, 0.2) is 41.6 Å². The smallest absolute Gasteiger partial charge is 0.335 e. The van der Waals surface area contributed by atoms with Gasteiger partial charge in [0.25, 0.3) is 5.91 Å². The second-order valence-corrected chi connectivity index (χ2v) is 8.01. The molecule has 27 heavy (non-hydrogen) atoms. The maximum absolute atomic E-state index is 12.7. The second-order valence-electron chi connectivity index (χ2n) is 6.07. The molecular formula is C17H18N4O5S. The molecule has 3 rings (SSSR count). The van der Waals surface area contributed by atoms with E-state index in [0.717, 1.165) is 0 Å². The molecule has 142 valence electrons. The van der Waals surface area contributed by atoms with E-state index >= 15 is 0 Å². The SMILES string of the molecule is Cc1cnc(C(=O)N2CCN(S(=O)(=O)c3ccc(C(=O)O)cc3)CC2)cn1. The van der Waals surface area contributed by atoms with Crippen LogP contribution in [0.3, 0.4) is 0 Å². The van der Waals surface area contributed by atoms with Gasteiger partial charge in [0, 0.05) is 32.4 Å². The Balaban J connectivity index is 1.68. The molecule has 1 N–H and O–H groups in total. The van der Waals surface area contributed by atoms with E-state index in [4.69, 9.17) is 5.11 Å². The zero-order valence-electron chi connectivity index (χ0n) is 14.6. The molecule has 1 saturated heterocycles. The van der Waals surface area contributed by atoms with E-state index in [-0.39, 0.29) is 48.2 Å². The summed E-state index contributed by atoms with van der Waals surface area (Å²) in [5.74, 6) is -1.41. The van der Waals surface area contributed by atoms with Gasteiger partial charge in [-0.25, -0.2) is 18.2 Å². The van der Waals surface area contributed by atoms with Crippen LogP contribution in [0.5, 0.6) is 0 Å². The van der Waals surface area contributed by atoms with Crippen LogP contribution in [0.1, 0.15) is 26.5 Å². The number of piperazine rings is 1. The van der Waals surface area contributed by atoms with E-state index in [9.17, 15) is 18.0 Å². The number of aromatic nitrogens is 2. The maximum Gasteiger partial charge on any atom is 0.335 e. The summed E-state index contributed by atoms with van der Waals surface area (Å²) in [6, 6.07) is 5.06. The number of nitrogens with zero attached hydrogens (tertiary/aromatic N) is 4. The van der Waals surface area contributed by atoms with Crippen LogP contribution in [0.2, 0.25) is 0 Å². The number of aryl methyl sites for hydroxylation is 1. The molecule has 0 spiro atoms. The molecule has 1 amide bonds. The van der Waals surface area contributed by atoms with Crippen LogP contribution >= 0.6 is 0 Å². The van der Waals surface area contributed by atoms with Crippen molar-refractivity contribution in [1.29, 1.82) is 0 Å². The summed E-state index contributed by atoms with van der Waals surface area (Å²) in [4.78, 5) is 33.0. The van der Waals surface area contributed by atoms with Crippen LogP contribution < -0.4 is 0 Å². The van der Waals surface area contributed by atoms with Gasteiger partial charge >= 0.3 is 5.97 Å². The molecule has 1 aromatic carbocycles. The first-order chi connectivity index (χ1) is 12.8. The lowest BCUT2D eigenvalue weighted by Crippen LogP contribution is -2.50. The van der Waals surface area contributed by atoms with Crippen LogP contribution in [-0.2, 0) is 10.0 Å². The van der Waals surface area contributed by atoms with E-state index in [0.29, 0.717) is 5.69 Å². The summed E-state index contributed by atoms with van der Waals surface area (Å²) in [6.07, 6.45) is 2.92. The van der Waals surface area contributed by atoms with E-state index in [1.165, 1.54) is 41.0 Å². The molecule has 0 radical (unpaired) electrons. The van der Waals surface area contributed by atoms with Crippen molar-refractivity contribution in [1.82, 2.24) is 19.2 Å². The highest BCUT2D eigenvalue weighted by molar-refractivity contribution is 7.89.